The number of nitrogens with one attached hydrogen (secondary N) is 1. The quantitative estimate of drug-likeness (QED) is 0.875. The Morgan fingerprint density at radius 1 is 1.00 bits per heavy atom. The van der Waals surface area contributed by atoms with Crippen LogP contribution in [0.2, 0.25) is 0 Å². The SMILES string of the molecule is CCNCc1cc(C)ccc1N(C)c1cccc(C)c1. The Balaban J connectivity index is 2.35. The summed E-state index contributed by atoms with van der Waals surface area (Å²) in [6, 6.07) is 15.3. The highest BCUT2D eigenvalue weighted by atomic mass is 15.1. The van der Waals surface area contributed by atoms with Gasteiger partial charge in [0, 0.05) is 25.0 Å². The molecule has 2 heteroatoms. The van der Waals surface area contributed by atoms with E-state index in [1.807, 2.05) is 0 Å². The molecule has 0 aliphatic heterocycles. The molecule has 0 aromatic heterocycles. The standard InChI is InChI=1S/C18H24N2/c1-5-19-13-16-11-15(3)9-10-18(16)20(4)17-8-6-7-14(2)12-17/h6-12,19H,5,13H2,1-4H3. The number of rotatable bonds is 5. The fraction of sp³-hybridized carbons (Fsp3) is 0.333. The van der Waals surface area contributed by atoms with Gasteiger partial charge < -0.3 is 10.2 Å². The number of aryl methyl sites for hydroxylation is 2. The summed E-state index contributed by atoms with van der Waals surface area (Å²) in [5.41, 5.74) is 6.43. The Hall–Kier alpha value is -1.80. The maximum Gasteiger partial charge on any atom is 0.0453 e. The smallest absolute Gasteiger partial charge is 0.0453 e. The van der Waals surface area contributed by atoms with E-state index in [9.17, 15) is 0 Å². The zero-order valence-electron chi connectivity index (χ0n) is 12.9. The molecule has 0 bridgehead atoms. The lowest BCUT2D eigenvalue weighted by molar-refractivity contribution is 0.726. The molecule has 0 heterocycles. The predicted octanol–water partition coefficient (Wildman–Crippen LogP) is 4.18. The topological polar surface area (TPSA) is 15.3 Å². The van der Waals surface area contributed by atoms with Crippen LogP contribution in [-0.4, -0.2) is 13.6 Å². The van der Waals surface area contributed by atoms with Crippen LogP contribution in [0.3, 0.4) is 0 Å². The van der Waals surface area contributed by atoms with E-state index in [-0.39, 0.29) is 0 Å². The Bertz CT molecular complexity index is 575. The normalized spacial score (nSPS) is 10.6. The largest absolute Gasteiger partial charge is 0.344 e. The minimum Gasteiger partial charge on any atom is -0.344 e. The van der Waals surface area contributed by atoms with Gasteiger partial charge in [-0.3, -0.25) is 0 Å². The van der Waals surface area contributed by atoms with Crippen molar-refractivity contribution < 1.29 is 0 Å². The van der Waals surface area contributed by atoms with Crippen molar-refractivity contribution in [3.05, 3.63) is 59.2 Å². The van der Waals surface area contributed by atoms with Gasteiger partial charge in [-0.25, -0.2) is 0 Å². The number of anilines is 2. The van der Waals surface area contributed by atoms with Gasteiger partial charge in [0.1, 0.15) is 0 Å². The summed E-state index contributed by atoms with van der Waals surface area (Å²) in [6.45, 7) is 8.31. The van der Waals surface area contributed by atoms with E-state index in [0.29, 0.717) is 0 Å². The monoisotopic (exact) mass is 268 g/mol. The van der Waals surface area contributed by atoms with Crippen LogP contribution in [0.15, 0.2) is 42.5 Å². The second-order valence-corrected chi connectivity index (χ2v) is 5.31. The van der Waals surface area contributed by atoms with Crippen molar-refractivity contribution in [3.8, 4) is 0 Å². The summed E-state index contributed by atoms with van der Waals surface area (Å²) in [7, 11) is 2.13. The first-order chi connectivity index (χ1) is 9.61. The van der Waals surface area contributed by atoms with Crippen molar-refractivity contribution in [2.45, 2.75) is 27.3 Å². The first-order valence-electron chi connectivity index (χ1n) is 7.22. The van der Waals surface area contributed by atoms with E-state index in [4.69, 9.17) is 0 Å². The number of benzene rings is 2. The number of hydrogen-bond acceptors (Lipinski definition) is 2. The summed E-state index contributed by atoms with van der Waals surface area (Å²) in [4.78, 5) is 2.26. The lowest BCUT2D eigenvalue weighted by atomic mass is 10.1. The molecular formula is C18H24N2. The highest BCUT2D eigenvalue weighted by Gasteiger charge is 2.09. The molecule has 0 spiro atoms. The fourth-order valence-electron chi connectivity index (χ4n) is 2.42. The fourth-order valence-corrected chi connectivity index (χ4v) is 2.42. The molecule has 2 rings (SSSR count). The van der Waals surface area contributed by atoms with Crippen LogP contribution in [0.1, 0.15) is 23.6 Å². The lowest BCUT2D eigenvalue weighted by Crippen LogP contribution is -2.17. The van der Waals surface area contributed by atoms with Crippen molar-refractivity contribution in [1.29, 1.82) is 0 Å². The highest BCUT2D eigenvalue weighted by molar-refractivity contribution is 5.66. The zero-order valence-corrected chi connectivity index (χ0v) is 12.9. The average molecular weight is 268 g/mol. The van der Waals surface area contributed by atoms with Crippen molar-refractivity contribution >= 4 is 11.4 Å². The zero-order chi connectivity index (χ0) is 14.5. The van der Waals surface area contributed by atoms with Crippen LogP contribution in [0.4, 0.5) is 11.4 Å². The Morgan fingerprint density at radius 3 is 2.45 bits per heavy atom. The molecular weight excluding hydrogens is 244 g/mol. The molecule has 2 nitrogen and oxygen atoms in total. The Morgan fingerprint density at radius 2 is 1.75 bits per heavy atom. The van der Waals surface area contributed by atoms with E-state index in [1.54, 1.807) is 0 Å². The summed E-state index contributed by atoms with van der Waals surface area (Å²) in [6.07, 6.45) is 0. The van der Waals surface area contributed by atoms with Gasteiger partial charge in [0.05, 0.1) is 0 Å². The second-order valence-electron chi connectivity index (χ2n) is 5.31. The van der Waals surface area contributed by atoms with Crippen LogP contribution in [0.5, 0.6) is 0 Å². The Kier molecular flexibility index (Phi) is 4.80. The third-order valence-electron chi connectivity index (χ3n) is 3.55. The predicted molar refractivity (Wildman–Crippen MR) is 87.8 cm³/mol. The van der Waals surface area contributed by atoms with Crippen molar-refractivity contribution in [3.63, 3.8) is 0 Å². The van der Waals surface area contributed by atoms with Crippen molar-refractivity contribution in [1.82, 2.24) is 5.32 Å². The minimum absolute atomic E-state index is 0.906. The van der Waals surface area contributed by atoms with Gasteiger partial charge in [0.25, 0.3) is 0 Å². The molecule has 2 aromatic rings. The van der Waals surface area contributed by atoms with Gasteiger partial charge in [-0.1, -0.05) is 36.8 Å². The van der Waals surface area contributed by atoms with Gasteiger partial charge in [-0.15, -0.1) is 0 Å². The summed E-state index contributed by atoms with van der Waals surface area (Å²) in [5, 5.41) is 3.42. The van der Waals surface area contributed by atoms with E-state index in [1.165, 1.54) is 28.1 Å². The molecule has 0 saturated heterocycles. The molecule has 106 valence electrons. The van der Waals surface area contributed by atoms with Crippen LogP contribution >= 0.6 is 0 Å². The van der Waals surface area contributed by atoms with Crippen molar-refractivity contribution in [2.24, 2.45) is 0 Å². The molecule has 0 aliphatic carbocycles. The van der Waals surface area contributed by atoms with E-state index >= 15 is 0 Å². The van der Waals surface area contributed by atoms with Gasteiger partial charge in [-0.2, -0.15) is 0 Å². The average Bonchev–Trinajstić information content (AvgIpc) is 2.44. The van der Waals surface area contributed by atoms with E-state index in [0.717, 1.165) is 13.1 Å². The van der Waals surface area contributed by atoms with Crippen LogP contribution in [0.25, 0.3) is 0 Å². The molecule has 2 aromatic carbocycles. The summed E-state index contributed by atoms with van der Waals surface area (Å²) in [5.74, 6) is 0. The maximum atomic E-state index is 3.42. The van der Waals surface area contributed by atoms with Gasteiger partial charge in [0.2, 0.25) is 0 Å². The van der Waals surface area contributed by atoms with Crippen LogP contribution < -0.4 is 10.2 Å². The summed E-state index contributed by atoms with van der Waals surface area (Å²) >= 11 is 0. The van der Waals surface area contributed by atoms with Crippen molar-refractivity contribution in [2.75, 3.05) is 18.5 Å². The first-order valence-corrected chi connectivity index (χ1v) is 7.22. The highest BCUT2D eigenvalue weighted by Crippen LogP contribution is 2.28. The summed E-state index contributed by atoms with van der Waals surface area (Å²) < 4.78 is 0. The molecule has 1 N–H and O–H groups in total. The molecule has 0 atom stereocenters. The number of nitrogens with zero attached hydrogens (tertiary/aromatic N) is 1. The van der Waals surface area contributed by atoms with Gasteiger partial charge >= 0.3 is 0 Å². The van der Waals surface area contributed by atoms with Gasteiger partial charge in [-0.05, 0) is 49.7 Å². The third kappa shape index (κ3) is 3.40. The molecule has 0 saturated carbocycles. The molecule has 0 aliphatic rings. The lowest BCUT2D eigenvalue weighted by Gasteiger charge is -2.23. The van der Waals surface area contributed by atoms with E-state index in [2.05, 4.69) is 80.5 Å². The van der Waals surface area contributed by atoms with Crippen LogP contribution in [-0.2, 0) is 6.54 Å². The molecule has 0 fully saturated rings. The number of hydrogen-bond donors (Lipinski definition) is 1. The minimum atomic E-state index is 0.906. The molecule has 0 amide bonds. The van der Waals surface area contributed by atoms with E-state index < -0.39 is 0 Å². The first kappa shape index (κ1) is 14.6. The molecule has 0 unspecified atom stereocenters. The Labute approximate surface area is 122 Å². The second kappa shape index (κ2) is 6.58. The molecule has 0 radical (unpaired) electrons. The molecule has 20 heavy (non-hydrogen) atoms. The van der Waals surface area contributed by atoms with Gasteiger partial charge in [0.15, 0.2) is 0 Å². The maximum absolute atomic E-state index is 3.42. The third-order valence-corrected chi connectivity index (χ3v) is 3.55. The van der Waals surface area contributed by atoms with Crippen LogP contribution in [0, 0.1) is 13.8 Å².